The van der Waals surface area contributed by atoms with Gasteiger partial charge in [0.15, 0.2) is 0 Å². The van der Waals surface area contributed by atoms with Gasteiger partial charge in [-0.3, -0.25) is 5.10 Å². The Morgan fingerprint density at radius 1 is 1.39 bits per heavy atom. The van der Waals surface area contributed by atoms with E-state index in [0.29, 0.717) is 0 Å². The van der Waals surface area contributed by atoms with Gasteiger partial charge >= 0.3 is 0 Å². The van der Waals surface area contributed by atoms with E-state index in [2.05, 4.69) is 45.1 Å². The highest BCUT2D eigenvalue weighted by Crippen LogP contribution is 2.09. The second kappa shape index (κ2) is 5.71. The molecule has 0 aliphatic carbocycles. The maximum absolute atomic E-state index is 4.47. The Balaban J connectivity index is 1.80. The van der Waals surface area contributed by atoms with Crippen LogP contribution in [0.5, 0.6) is 0 Å². The second-order valence-corrected chi connectivity index (χ2v) is 4.54. The van der Waals surface area contributed by atoms with E-state index in [9.17, 15) is 0 Å². The van der Waals surface area contributed by atoms with Crippen LogP contribution in [0.2, 0.25) is 0 Å². The van der Waals surface area contributed by atoms with E-state index in [0.717, 1.165) is 37.6 Å². The van der Waals surface area contributed by atoms with Crippen molar-refractivity contribution in [1.29, 1.82) is 0 Å². The molecule has 0 atom stereocenters. The van der Waals surface area contributed by atoms with Gasteiger partial charge in [-0.05, 0) is 39.2 Å². The number of hydrogen-bond acceptors (Lipinski definition) is 3. The summed E-state index contributed by atoms with van der Waals surface area (Å²) in [4.78, 5) is 4.47. The quantitative estimate of drug-likeness (QED) is 0.770. The van der Waals surface area contributed by atoms with Crippen LogP contribution in [0.4, 0.5) is 5.95 Å². The molecule has 5 heteroatoms. The maximum atomic E-state index is 4.47. The molecule has 0 spiro atoms. The summed E-state index contributed by atoms with van der Waals surface area (Å²) in [6, 6.07) is 0. The molecule has 18 heavy (non-hydrogen) atoms. The molecule has 0 fully saturated rings. The minimum Gasteiger partial charge on any atom is -0.356 e. The predicted octanol–water partition coefficient (Wildman–Crippen LogP) is 2.29. The molecule has 2 N–H and O–H groups in total. The van der Waals surface area contributed by atoms with E-state index in [4.69, 9.17) is 0 Å². The molecule has 98 valence electrons. The monoisotopic (exact) mass is 247 g/mol. The van der Waals surface area contributed by atoms with E-state index in [1.165, 1.54) is 11.3 Å². The molecular weight excluding hydrogens is 226 g/mol. The SMILES string of the molecule is CCn1cc(C)nc1NCCCc1cn[nH]c1C. The topological polar surface area (TPSA) is 58.5 Å². The maximum Gasteiger partial charge on any atom is 0.203 e. The molecular formula is C13H21N5. The van der Waals surface area contributed by atoms with Crippen LogP contribution in [-0.4, -0.2) is 26.3 Å². The van der Waals surface area contributed by atoms with E-state index in [1.54, 1.807) is 0 Å². The van der Waals surface area contributed by atoms with Gasteiger partial charge in [-0.1, -0.05) is 0 Å². The summed E-state index contributed by atoms with van der Waals surface area (Å²) in [7, 11) is 0. The number of rotatable bonds is 6. The molecule has 0 aliphatic rings. The van der Waals surface area contributed by atoms with Crippen molar-refractivity contribution in [1.82, 2.24) is 19.7 Å². The summed E-state index contributed by atoms with van der Waals surface area (Å²) in [5, 5.41) is 10.4. The Hall–Kier alpha value is -1.78. The first kappa shape index (κ1) is 12.7. The van der Waals surface area contributed by atoms with E-state index in [-0.39, 0.29) is 0 Å². The van der Waals surface area contributed by atoms with Crippen molar-refractivity contribution < 1.29 is 0 Å². The number of nitrogens with one attached hydrogen (secondary N) is 2. The highest BCUT2D eigenvalue weighted by atomic mass is 15.2. The van der Waals surface area contributed by atoms with Crippen LogP contribution in [0.15, 0.2) is 12.4 Å². The highest BCUT2D eigenvalue weighted by Gasteiger charge is 2.04. The molecule has 0 unspecified atom stereocenters. The second-order valence-electron chi connectivity index (χ2n) is 4.54. The Kier molecular flexibility index (Phi) is 4.02. The van der Waals surface area contributed by atoms with Crippen LogP contribution < -0.4 is 5.32 Å². The van der Waals surface area contributed by atoms with Crippen molar-refractivity contribution in [2.75, 3.05) is 11.9 Å². The summed E-state index contributed by atoms with van der Waals surface area (Å²) in [6.07, 6.45) is 6.10. The lowest BCUT2D eigenvalue weighted by Crippen LogP contribution is -2.08. The minimum atomic E-state index is 0.932. The van der Waals surface area contributed by atoms with Crippen LogP contribution in [0, 0.1) is 13.8 Å². The number of aromatic amines is 1. The molecule has 0 radical (unpaired) electrons. The number of imidazole rings is 1. The van der Waals surface area contributed by atoms with Crippen LogP contribution in [0.1, 0.15) is 30.3 Å². The van der Waals surface area contributed by atoms with Crippen LogP contribution in [0.25, 0.3) is 0 Å². The molecule has 5 nitrogen and oxygen atoms in total. The van der Waals surface area contributed by atoms with Gasteiger partial charge in [-0.15, -0.1) is 0 Å². The van der Waals surface area contributed by atoms with Crippen molar-refractivity contribution in [3.05, 3.63) is 29.3 Å². The molecule has 0 aliphatic heterocycles. The normalized spacial score (nSPS) is 10.8. The van der Waals surface area contributed by atoms with Crippen molar-refractivity contribution in [2.45, 2.75) is 40.2 Å². The van der Waals surface area contributed by atoms with Gasteiger partial charge < -0.3 is 9.88 Å². The summed E-state index contributed by atoms with van der Waals surface area (Å²) in [5.41, 5.74) is 3.53. The molecule has 2 heterocycles. The van der Waals surface area contributed by atoms with E-state index >= 15 is 0 Å². The fourth-order valence-electron chi connectivity index (χ4n) is 2.04. The lowest BCUT2D eigenvalue weighted by atomic mass is 10.1. The summed E-state index contributed by atoms with van der Waals surface area (Å²) < 4.78 is 2.14. The number of nitrogens with zero attached hydrogens (tertiary/aromatic N) is 3. The van der Waals surface area contributed by atoms with Crippen molar-refractivity contribution >= 4 is 5.95 Å². The molecule has 0 amide bonds. The van der Waals surface area contributed by atoms with Gasteiger partial charge in [-0.2, -0.15) is 5.10 Å². The van der Waals surface area contributed by atoms with Gasteiger partial charge in [-0.25, -0.2) is 4.98 Å². The predicted molar refractivity (Wildman–Crippen MR) is 72.8 cm³/mol. The van der Waals surface area contributed by atoms with Gasteiger partial charge in [0.2, 0.25) is 5.95 Å². The van der Waals surface area contributed by atoms with Gasteiger partial charge in [0.05, 0.1) is 11.9 Å². The molecule has 2 rings (SSSR count). The number of anilines is 1. The highest BCUT2D eigenvalue weighted by molar-refractivity contribution is 5.28. The fourth-order valence-corrected chi connectivity index (χ4v) is 2.04. The minimum absolute atomic E-state index is 0.932. The average molecular weight is 247 g/mol. The zero-order chi connectivity index (χ0) is 13.0. The summed E-state index contributed by atoms with van der Waals surface area (Å²) >= 11 is 0. The first-order valence-corrected chi connectivity index (χ1v) is 6.47. The van der Waals surface area contributed by atoms with E-state index in [1.807, 2.05) is 13.1 Å². The summed E-state index contributed by atoms with van der Waals surface area (Å²) in [5.74, 6) is 0.971. The number of aryl methyl sites for hydroxylation is 4. The lowest BCUT2D eigenvalue weighted by molar-refractivity contribution is 0.754. The Labute approximate surface area is 108 Å². The third-order valence-electron chi connectivity index (χ3n) is 3.08. The average Bonchev–Trinajstić information content (AvgIpc) is 2.91. The van der Waals surface area contributed by atoms with Gasteiger partial charge in [0.1, 0.15) is 0 Å². The Bertz CT molecular complexity index is 497. The molecule has 0 saturated heterocycles. The third kappa shape index (κ3) is 2.91. The Morgan fingerprint density at radius 2 is 2.22 bits per heavy atom. The molecule has 0 bridgehead atoms. The number of H-pyrrole nitrogens is 1. The van der Waals surface area contributed by atoms with Crippen LogP contribution in [-0.2, 0) is 13.0 Å². The van der Waals surface area contributed by atoms with Gasteiger partial charge in [0, 0.05) is 25.0 Å². The van der Waals surface area contributed by atoms with Gasteiger partial charge in [0.25, 0.3) is 0 Å². The molecule has 2 aromatic rings. The Morgan fingerprint density at radius 3 is 2.89 bits per heavy atom. The zero-order valence-corrected chi connectivity index (χ0v) is 11.3. The van der Waals surface area contributed by atoms with Crippen molar-refractivity contribution in [3.8, 4) is 0 Å². The van der Waals surface area contributed by atoms with Crippen molar-refractivity contribution in [2.24, 2.45) is 0 Å². The molecule has 0 saturated carbocycles. The fraction of sp³-hybridized carbons (Fsp3) is 0.538. The molecule has 0 aromatic carbocycles. The first-order valence-electron chi connectivity index (χ1n) is 6.47. The lowest BCUT2D eigenvalue weighted by Gasteiger charge is -2.07. The zero-order valence-electron chi connectivity index (χ0n) is 11.3. The largest absolute Gasteiger partial charge is 0.356 e. The van der Waals surface area contributed by atoms with Crippen LogP contribution >= 0.6 is 0 Å². The number of aromatic nitrogens is 4. The third-order valence-corrected chi connectivity index (χ3v) is 3.08. The first-order chi connectivity index (χ1) is 8.70. The van der Waals surface area contributed by atoms with Crippen LogP contribution in [0.3, 0.4) is 0 Å². The number of hydrogen-bond donors (Lipinski definition) is 2. The standard InChI is InChI=1S/C13H21N5/c1-4-18-9-10(2)16-13(18)14-7-5-6-12-8-15-17-11(12)3/h8-9H,4-7H2,1-3H3,(H,14,16)(H,15,17). The summed E-state index contributed by atoms with van der Waals surface area (Å²) in [6.45, 7) is 8.08. The molecule has 2 aromatic heterocycles. The smallest absolute Gasteiger partial charge is 0.203 e. The van der Waals surface area contributed by atoms with Crippen molar-refractivity contribution in [3.63, 3.8) is 0 Å². The van der Waals surface area contributed by atoms with E-state index < -0.39 is 0 Å².